The summed E-state index contributed by atoms with van der Waals surface area (Å²) >= 11 is 0. The fourth-order valence-corrected chi connectivity index (χ4v) is 1.89. The van der Waals surface area contributed by atoms with Gasteiger partial charge in [-0.3, -0.25) is 0 Å². The highest BCUT2D eigenvalue weighted by Crippen LogP contribution is 2.27. The maximum atomic E-state index is 12.1. The van der Waals surface area contributed by atoms with Gasteiger partial charge in [-0.25, -0.2) is 0 Å². The molecule has 0 amide bonds. The number of nitrogens with one attached hydrogen (secondary N) is 1. The zero-order valence-electron chi connectivity index (χ0n) is 8.47. The number of fused-ring (bicyclic) bond motifs is 1. The van der Waals surface area contributed by atoms with E-state index in [1.807, 2.05) is 6.07 Å². The molecule has 0 fully saturated rings. The lowest BCUT2D eigenvalue weighted by Gasteiger charge is -2.24. The van der Waals surface area contributed by atoms with Gasteiger partial charge in [0.05, 0.1) is 0 Å². The van der Waals surface area contributed by atoms with Gasteiger partial charge in [-0.2, -0.15) is 8.78 Å². The van der Waals surface area contributed by atoms with Crippen LogP contribution in [0.1, 0.15) is 18.1 Å². The number of halogens is 2. The Kier molecular flexibility index (Phi) is 2.86. The van der Waals surface area contributed by atoms with Crippen LogP contribution in [0.25, 0.3) is 0 Å². The van der Waals surface area contributed by atoms with Crippen LogP contribution in [0.15, 0.2) is 18.2 Å². The smallest absolute Gasteiger partial charge is 0.387 e. The minimum atomic E-state index is -2.75. The normalized spacial score (nSPS) is 20.1. The van der Waals surface area contributed by atoms with E-state index in [0.717, 1.165) is 17.5 Å². The van der Waals surface area contributed by atoms with E-state index in [1.165, 1.54) is 0 Å². The van der Waals surface area contributed by atoms with Crippen LogP contribution in [-0.2, 0) is 13.0 Å². The van der Waals surface area contributed by atoms with Gasteiger partial charge in [0.25, 0.3) is 0 Å². The summed E-state index contributed by atoms with van der Waals surface area (Å²) < 4.78 is 28.7. The topological polar surface area (TPSA) is 21.3 Å². The molecule has 0 bridgehead atoms. The van der Waals surface area contributed by atoms with E-state index in [4.69, 9.17) is 0 Å². The van der Waals surface area contributed by atoms with Crippen molar-refractivity contribution in [3.05, 3.63) is 29.3 Å². The first-order chi connectivity index (χ1) is 7.16. The van der Waals surface area contributed by atoms with Gasteiger partial charge in [-0.05, 0) is 25.0 Å². The van der Waals surface area contributed by atoms with Gasteiger partial charge in [-0.1, -0.05) is 12.1 Å². The summed E-state index contributed by atoms with van der Waals surface area (Å²) in [5.41, 5.74) is 1.95. The number of alkyl halides is 2. The van der Waals surface area contributed by atoms with E-state index in [1.54, 1.807) is 12.1 Å². The van der Waals surface area contributed by atoms with E-state index < -0.39 is 6.61 Å². The van der Waals surface area contributed by atoms with E-state index in [0.29, 0.717) is 18.3 Å². The second-order valence-electron chi connectivity index (χ2n) is 3.76. The Bertz CT molecular complexity index is 354. The summed E-state index contributed by atoms with van der Waals surface area (Å²) in [5, 5.41) is 3.23. The summed E-state index contributed by atoms with van der Waals surface area (Å²) in [6.45, 7) is -0.0842. The minimum Gasteiger partial charge on any atom is -0.434 e. The Labute approximate surface area is 87.2 Å². The Hall–Kier alpha value is -1.16. The van der Waals surface area contributed by atoms with Crippen LogP contribution < -0.4 is 10.1 Å². The predicted molar refractivity (Wildman–Crippen MR) is 53.1 cm³/mol. The molecule has 2 nitrogen and oxygen atoms in total. The van der Waals surface area contributed by atoms with Gasteiger partial charge in [0.1, 0.15) is 5.75 Å². The SMILES string of the molecule is CC1Cc2cccc(OC(F)F)c2CN1. The van der Waals surface area contributed by atoms with Crippen LogP contribution in [-0.4, -0.2) is 12.7 Å². The molecule has 1 aromatic carbocycles. The van der Waals surface area contributed by atoms with Gasteiger partial charge in [0.2, 0.25) is 0 Å². The Morgan fingerprint density at radius 3 is 3.00 bits per heavy atom. The number of hydrogen-bond acceptors (Lipinski definition) is 2. The van der Waals surface area contributed by atoms with Crippen LogP contribution >= 0.6 is 0 Å². The Balaban J connectivity index is 2.29. The molecule has 1 aromatic rings. The molecular weight excluding hydrogens is 200 g/mol. The average Bonchev–Trinajstić information content (AvgIpc) is 2.16. The Morgan fingerprint density at radius 2 is 2.27 bits per heavy atom. The van der Waals surface area contributed by atoms with Crippen molar-refractivity contribution in [1.29, 1.82) is 0 Å². The van der Waals surface area contributed by atoms with Crippen LogP contribution in [0.2, 0.25) is 0 Å². The zero-order valence-corrected chi connectivity index (χ0v) is 8.47. The molecule has 1 atom stereocenters. The highest BCUT2D eigenvalue weighted by atomic mass is 19.3. The number of benzene rings is 1. The quantitative estimate of drug-likeness (QED) is 0.814. The van der Waals surface area contributed by atoms with Crippen LogP contribution in [0, 0.1) is 0 Å². The third-order valence-electron chi connectivity index (χ3n) is 2.60. The third-order valence-corrected chi connectivity index (χ3v) is 2.60. The molecule has 0 saturated heterocycles. The molecule has 1 heterocycles. The summed E-state index contributed by atoms with van der Waals surface area (Å²) in [7, 11) is 0. The molecule has 1 aliphatic rings. The predicted octanol–water partition coefficient (Wildman–Crippen LogP) is 2.32. The van der Waals surface area contributed by atoms with Crippen molar-refractivity contribution in [2.24, 2.45) is 0 Å². The second-order valence-corrected chi connectivity index (χ2v) is 3.76. The summed E-state index contributed by atoms with van der Waals surface area (Å²) in [6, 6.07) is 5.70. The van der Waals surface area contributed by atoms with Crippen molar-refractivity contribution in [2.45, 2.75) is 32.5 Å². The molecule has 82 valence electrons. The maximum Gasteiger partial charge on any atom is 0.387 e. The average molecular weight is 213 g/mol. The first-order valence-electron chi connectivity index (χ1n) is 4.96. The molecule has 0 saturated carbocycles. The molecule has 0 spiro atoms. The summed E-state index contributed by atoms with van der Waals surface area (Å²) in [4.78, 5) is 0. The van der Waals surface area contributed by atoms with Gasteiger partial charge < -0.3 is 10.1 Å². The monoisotopic (exact) mass is 213 g/mol. The molecule has 1 aliphatic heterocycles. The van der Waals surface area contributed by atoms with Gasteiger partial charge in [0.15, 0.2) is 0 Å². The minimum absolute atomic E-state index is 0.293. The number of ether oxygens (including phenoxy) is 1. The van der Waals surface area contributed by atoms with E-state index >= 15 is 0 Å². The van der Waals surface area contributed by atoms with Crippen LogP contribution in [0.4, 0.5) is 8.78 Å². The summed E-state index contributed by atoms with van der Waals surface area (Å²) in [6.07, 6.45) is 0.857. The van der Waals surface area contributed by atoms with Crippen LogP contribution in [0.3, 0.4) is 0 Å². The molecule has 4 heteroatoms. The molecule has 2 rings (SSSR count). The number of rotatable bonds is 2. The molecule has 15 heavy (non-hydrogen) atoms. The lowest BCUT2D eigenvalue weighted by Crippen LogP contribution is -2.33. The van der Waals surface area contributed by atoms with E-state index in [2.05, 4.69) is 17.0 Å². The lowest BCUT2D eigenvalue weighted by molar-refractivity contribution is -0.0506. The fourth-order valence-electron chi connectivity index (χ4n) is 1.89. The van der Waals surface area contributed by atoms with Crippen molar-refractivity contribution in [3.8, 4) is 5.75 Å². The number of hydrogen-bond donors (Lipinski definition) is 1. The third kappa shape index (κ3) is 2.26. The highest BCUT2D eigenvalue weighted by molar-refractivity contribution is 5.42. The highest BCUT2D eigenvalue weighted by Gasteiger charge is 2.19. The molecule has 0 aliphatic carbocycles. The maximum absolute atomic E-state index is 12.1. The standard InChI is InChI=1S/C11H13F2NO/c1-7-5-8-3-2-4-10(15-11(12)13)9(8)6-14-7/h2-4,7,11,14H,5-6H2,1H3. The van der Waals surface area contributed by atoms with Crippen molar-refractivity contribution in [2.75, 3.05) is 0 Å². The van der Waals surface area contributed by atoms with E-state index in [-0.39, 0.29) is 0 Å². The first-order valence-corrected chi connectivity index (χ1v) is 4.96. The molecule has 1 N–H and O–H groups in total. The van der Waals surface area contributed by atoms with Crippen molar-refractivity contribution in [1.82, 2.24) is 5.32 Å². The molecule has 1 unspecified atom stereocenters. The summed E-state index contributed by atoms with van der Waals surface area (Å²) in [5.74, 6) is 0.293. The molecular formula is C11H13F2NO. The second kappa shape index (κ2) is 4.14. The van der Waals surface area contributed by atoms with Gasteiger partial charge in [0, 0.05) is 18.2 Å². The first kappa shape index (κ1) is 10.4. The van der Waals surface area contributed by atoms with Crippen molar-refractivity contribution < 1.29 is 13.5 Å². The largest absolute Gasteiger partial charge is 0.434 e. The van der Waals surface area contributed by atoms with Crippen LogP contribution in [0.5, 0.6) is 5.75 Å². The van der Waals surface area contributed by atoms with Gasteiger partial charge >= 0.3 is 6.61 Å². The van der Waals surface area contributed by atoms with Crippen molar-refractivity contribution >= 4 is 0 Å². The lowest BCUT2D eigenvalue weighted by atomic mass is 9.96. The van der Waals surface area contributed by atoms with E-state index in [9.17, 15) is 8.78 Å². The molecule has 0 radical (unpaired) electrons. The van der Waals surface area contributed by atoms with Gasteiger partial charge in [-0.15, -0.1) is 0 Å². The zero-order chi connectivity index (χ0) is 10.8. The van der Waals surface area contributed by atoms with Crippen molar-refractivity contribution in [3.63, 3.8) is 0 Å². The molecule has 0 aromatic heterocycles. The fraction of sp³-hybridized carbons (Fsp3) is 0.455. The Morgan fingerprint density at radius 1 is 1.47 bits per heavy atom.